The van der Waals surface area contributed by atoms with Gasteiger partial charge in [-0.15, -0.1) is 0 Å². The molecule has 5 nitrogen and oxygen atoms in total. The van der Waals surface area contributed by atoms with Crippen LogP contribution in [0.5, 0.6) is 5.75 Å². The molecule has 1 spiro atoms. The third-order valence-electron chi connectivity index (χ3n) is 5.19. The van der Waals surface area contributed by atoms with Crippen LogP contribution in [0, 0.1) is 11.3 Å². The van der Waals surface area contributed by atoms with E-state index in [1.807, 2.05) is 38.1 Å². The number of piperidine rings is 1. The summed E-state index contributed by atoms with van der Waals surface area (Å²) in [6, 6.07) is 7.43. The molecule has 0 bridgehead atoms. The Morgan fingerprint density at radius 2 is 2.17 bits per heavy atom. The summed E-state index contributed by atoms with van der Waals surface area (Å²) < 4.78 is 5.65. The number of hydrogen-bond acceptors (Lipinski definition) is 4. The first kappa shape index (κ1) is 17.2. The van der Waals surface area contributed by atoms with Crippen molar-refractivity contribution in [1.82, 2.24) is 10.6 Å². The van der Waals surface area contributed by atoms with E-state index in [-0.39, 0.29) is 29.9 Å². The zero-order valence-corrected chi connectivity index (χ0v) is 14.5. The van der Waals surface area contributed by atoms with E-state index < -0.39 is 6.10 Å². The van der Waals surface area contributed by atoms with Gasteiger partial charge < -0.3 is 20.5 Å². The number of aliphatic hydroxyl groups is 1. The molecule has 3 N–H and O–H groups in total. The first-order valence-electron chi connectivity index (χ1n) is 8.93. The Morgan fingerprint density at radius 3 is 2.88 bits per heavy atom. The smallest absolute Gasteiger partial charge is 0.223 e. The molecule has 0 radical (unpaired) electrons. The van der Waals surface area contributed by atoms with Crippen molar-refractivity contribution in [3.05, 3.63) is 29.8 Å². The van der Waals surface area contributed by atoms with Crippen LogP contribution in [0.3, 0.4) is 0 Å². The second-order valence-electron chi connectivity index (χ2n) is 7.37. The molecule has 24 heavy (non-hydrogen) atoms. The van der Waals surface area contributed by atoms with Gasteiger partial charge in [-0.2, -0.15) is 0 Å². The summed E-state index contributed by atoms with van der Waals surface area (Å²) in [7, 11) is 0. The van der Waals surface area contributed by atoms with Gasteiger partial charge in [0.15, 0.2) is 0 Å². The molecule has 2 atom stereocenters. The summed E-state index contributed by atoms with van der Waals surface area (Å²) in [4.78, 5) is 12.4. The van der Waals surface area contributed by atoms with Crippen LogP contribution in [0.4, 0.5) is 0 Å². The van der Waals surface area contributed by atoms with Gasteiger partial charge in [-0.25, -0.2) is 0 Å². The zero-order chi connectivity index (χ0) is 17.2. The van der Waals surface area contributed by atoms with Crippen LogP contribution in [0.25, 0.3) is 0 Å². The molecular formula is C19H28N2O3. The molecule has 1 amide bonds. The Hall–Kier alpha value is -1.59. The number of carbonyl (C=O) groups excluding carboxylic acids is 1. The van der Waals surface area contributed by atoms with Gasteiger partial charge in [-0.3, -0.25) is 4.79 Å². The molecule has 1 aromatic rings. The maximum Gasteiger partial charge on any atom is 0.223 e. The van der Waals surface area contributed by atoms with Gasteiger partial charge in [-0.1, -0.05) is 12.1 Å². The van der Waals surface area contributed by atoms with Crippen LogP contribution in [0.1, 0.15) is 44.8 Å². The second kappa shape index (κ2) is 7.11. The van der Waals surface area contributed by atoms with Crippen LogP contribution in [-0.4, -0.2) is 36.8 Å². The van der Waals surface area contributed by atoms with E-state index in [1.165, 1.54) is 0 Å². The van der Waals surface area contributed by atoms with E-state index in [0.29, 0.717) is 0 Å². The van der Waals surface area contributed by atoms with Crippen molar-refractivity contribution in [3.63, 3.8) is 0 Å². The van der Waals surface area contributed by atoms with Gasteiger partial charge in [0.05, 0.1) is 12.2 Å². The maximum atomic E-state index is 12.4. The zero-order valence-electron chi connectivity index (χ0n) is 14.5. The summed E-state index contributed by atoms with van der Waals surface area (Å²) in [6.45, 7) is 6.20. The van der Waals surface area contributed by atoms with Crippen LogP contribution in [0.15, 0.2) is 24.3 Å². The van der Waals surface area contributed by atoms with Crippen LogP contribution >= 0.6 is 0 Å². The summed E-state index contributed by atoms with van der Waals surface area (Å²) >= 11 is 0. The highest BCUT2D eigenvalue weighted by Gasteiger charge is 2.57. The number of rotatable bonds is 6. The number of benzene rings is 1. The number of ether oxygens (including phenoxy) is 1. The third-order valence-corrected chi connectivity index (χ3v) is 5.19. The summed E-state index contributed by atoms with van der Waals surface area (Å²) in [6.07, 6.45) is 2.54. The number of hydrogen-bond donors (Lipinski definition) is 3. The fourth-order valence-electron chi connectivity index (χ4n) is 3.70. The van der Waals surface area contributed by atoms with Gasteiger partial charge in [0, 0.05) is 12.5 Å². The number of carbonyl (C=O) groups is 1. The van der Waals surface area contributed by atoms with Gasteiger partial charge in [-0.05, 0) is 69.3 Å². The van der Waals surface area contributed by atoms with Gasteiger partial charge in [0.25, 0.3) is 0 Å². The molecule has 1 aromatic carbocycles. The highest BCUT2D eigenvalue weighted by atomic mass is 16.5. The lowest BCUT2D eigenvalue weighted by atomic mass is 9.92. The number of nitrogens with one attached hydrogen (secondary N) is 2. The Kier molecular flexibility index (Phi) is 5.11. The number of amides is 1. The maximum absolute atomic E-state index is 12.4. The minimum atomic E-state index is -0.715. The second-order valence-corrected chi connectivity index (χ2v) is 7.37. The van der Waals surface area contributed by atoms with Crippen LogP contribution in [-0.2, 0) is 4.79 Å². The molecule has 3 rings (SSSR count). The standard InChI is InChI=1S/C19H28N2O3/c1-13(2)24-15-5-3-4-14(10-15)17(22)12-21-18(23)16-11-19(16)6-8-20-9-7-19/h3-5,10,13,16-17,20,22H,6-9,11-12H2,1-2H3,(H,21,23). The molecule has 1 heterocycles. The largest absolute Gasteiger partial charge is 0.491 e. The van der Waals surface area contributed by atoms with Crippen LogP contribution < -0.4 is 15.4 Å². The Bertz CT molecular complexity index is 582. The summed E-state index contributed by atoms with van der Waals surface area (Å²) in [5.41, 5.74) is 0.992. The fraction of sp³-hybridized carbons (Fsp3) is 0.632. The highest BCUT2D eigenvalue weighted by molar-refractivity contribution is 5.82. The first-order valence-corrected chi connectivity index (χ1v) is 8.93. The fourth-order valence-corrected chi connectivity index (χ4v) is 3.70. The molecule has 2 aliphatic rings. The van der Waals surface area contributed by atoms with Crippen molar-refractivity contribution in [1.29, 1.82) is 0 Å². The lowest BCUT2D eigenvalue weighted by molar-refractivity contribution is -0.123. The molecule has 2 unspecified atom stereocenters. The Morgan fingerprint density at radius 1 is 1.42 bits per heavy atom. The first-order chi connectivity index (χ1) is 11.5. The minimum Gasteiger partial charge on any atom is -0.491 e. The van der Waals surface area contributed by atoms with Crippen molar-refractivity contribution in [2.45, 2.75) is 45.3 Å². The molecule has 1 aliphatic heterocycles. The molecule has 1 saturated heterocycles. The summed E-state index contributed by atoms with van der Waals surface area (Å²) in [5.74, 6) is 0.955. The Labute approximate surface area is 143 Å². The monoisotopic (exact) mass is 332 g/mol. The third kappa shape index (κ3) is 3.90. The van der Waals surface area contributed by atoms with E-state index in [9.17, 15) is 9.90 Å². The quantitative estimate of drug-likeness (QED) is 0.745. The van der Waals surface area contributed by atoms with E-state index in [2.05, 4.69) is 10.6 Å². The Balaban J connectivity index is 1.50. The van der Waals surface area contributed by atoms with E-state index in [4.69, 9.17) is 4.74 Å². The predicted octanol–water partition coefficient (Wildman–Crippen LogP) is 2.01. The molecule has 2 fully saturated rings. The van der Waals surface area contributed by atoms with Gasteiger partial charge >= 0.3 is 0 Å². The predicted molar refractivity (Wildman–Crippen MR) is 92.8 cm³/mol. The van der Waals surface area contributed by atoms with Crippen molar-refractivity contribution in [2.24, 2.45) is 11.3 Å². The molecule has 5 heteroatoms. The topological polar surface area (TPSA) is 70.6 Å². The van der Waals surface area contributed by atoms with Crippen molar-refractivity contribution < 1.29 is 14.6 Å². The SMILES string of the molecule is CC(C)Oc1cccc(C(O)CNC(=O)C2CC23CCNCC3)c1. The molecular weight excluding hydrogens is 304 g/mol. The average molecular weight is 332 g/mol. The van der Waals surface area contributed by atoms with E-state index >= 15 is 0 Å². The highest BCUT2D eigenvalue weighted by Crippen LogP contribution is 2.58. The number of aliphatic hydroxyl groups excluding tert-OH is 1. The average Bonchev–Trinajstić information content (AvgIpc) is 3.25. The van der Waals surface area contributed by atoms with Gasteiger partial charge in [0.1, 0.15) is 5.75 Å². The van der Waals surface area contributed by atoms with Crippen molar-refractivity contribution in [2.75, 3.05) is 19.6 Å². The minimum absolute atomic E-state index is 0.0885. The normalized spacial score (nSPS) is 23.1. The molecule has 132 valence electrons. The lowest BCUT2D eigenvalue weighted by Crippen LogP contribution is -2.35. The molecule has 0 aromatic heterocycles. The van der Waals surface area contributed by atoms with E-state index in [0.717, 1.165) is 43.7 Å². The van der Waals surface area contributed by atoms with Crippen LogP contribution in [0.2, 0.25) is 0 Å². The summed E-state index contributed by atoms with van der Waals surface area (Å²) in [5, 5.41) is 16.6. The lowest BCUT2D eigenvalue weighted by Gasteiger charge is -2.23. The van der Waals surface area contributed by atoms with E-state index in [1.54, 1.807) is 0 Å². The molecule has 1 aliphatic carbocycles. The molecule has 1 saturated carbocycles. The van der Waals surface area contributed by atoms with Crippen molar-refractivity contribution >= 4 is 5.91 Å². The van der Waals surface area contributed by atoms with Gasteiger partial charge in [0.2, 0.25) is 5.91 Å². The van der Waals surface area contributed by atoms with Crippen molar-refractivity contribution in [3.8, 4) is 5.75 Å².